The van der Waals surface area contributed by atoms with Gasteiger partial charge >= 0.3 is 93.2 Å². The normalized spacial score (nSPS) is 119. The van der Waals surface area contributed by atoms with E-state index in [2.05, 4.69) is 6.92 Å². The van der Waals surface area contributed by atoms with Gasteiger partial charge in [0.1, 0.15) is 0 Å². The zero-order valence-corrected chi connectivity index (χ0v) is 11.7. The number of unbranched alkanes of at least 4 members (excludes halogenated alkanes) is 3. The maximum atomic E-state index is 2.37. The summed E-state index contributed by atoms with van der Waals surface area (Å²) in [4.78, 5) is 14.1. The molecule has 4 unspecified atom stereocenters. The average molecular weight is 270 g/mol. The van der Waals surface area contributed by atoms with Crippen LogP contribution in [0.25, 0.3) is 0 Å². The topological polar surface area (TPSA) is 0 Å². The number of hydrogen-bond donors (Lipinski definition) is 0. The second-order valence-electron chi connectivity index (χ2n) is 11.6. The molecule has 10 aliphatic rings. The van der Waals surface area contributed by atoms with E-state index in [1.54, 1.807) is 62.6 Å². The fourth-order valence-electron chi connectivity index (χ4n) is 18.2. The molecule has 0 amide bonds. The van der Waals surface area contributed by atoms with Crippen LogP contribution < -0.4 is 0 Å². The van der Waals surface area contributed by atoms with Gasteiger partial charge in [-0.15, -0.1) is 0 Å². The van der Waals surface area contributed by atoms with Crippen molar-refractivity contribution >= 4 is 0 Å². The van der Waals surface area contributed by atoms with Gasteiger partial charge in [-0.05, 0) is 0 Å². The molecule has 17 heavy (non-hydrogen) atoms. The third-order valence-corrected chi connectivity index (χ3v) is 59.4. The van der Waals surface area contributed by atoms with Crippen LogP contribution in [0, 0.1) is 0 Å². The Hall–Kier alpha value is 0.519. The van der Waals surface area contributed by atoms with Crippen LogP contribution in [0.4, 0.5) is 0 Å². The van der Waals surface area contributed by atoms with Gasteiger partial charge in [0.05, 0.1) is 0 Å². The number of hydrogen-bond acceptors (Lipinski definition) is 0. The molecule has 0 saturated carbocycles. The molecule has 0 aliphatic carbocycles. The minimum absolute atomic E-state index is 1.24. The van der Waals surface area contributed by atoms with Crippen molar-refractivity contribution in [3.8, 4) is 0 Å². The van der Waals surface area contributed by atoms with E-state index in [0.717, 1.165) is 0 Å². The summed E-state index contributed by atoms with van der Waals surface area (Å²) in [6, 6.07) is 0. The maximum absolute atomic E-state index is 2.60. The zero-order valence-electron chi connectivity index (χ0n) is 10.6. The van der Waals surface area contributed by atoms with Gasteiger partial charge in [-0.2, -0.15) is 0 Å². The molecule has 10 heterocycles. The van der Waals surface area contributed by atoms with Gasteiger partial charge < -0.3 is 0 Å². The molecule has 10 fully saturated rings. The van der Waals surface area contributed by atoms with E-state index in [1.165, 1.54) is 17.2 Å². The van der Waals surface area contributed by atoms with Crippen molar-refractivity contribution in [3.05, 3.63) is 0 Å². The van der Waals surface area contributed by atoms with Crippen LogP contribution in [0.15, 0.2) is 0 Å². The first kappa shape index (κ1) is 6.80. The first-order chi connectivity index (χ1) is 8.11. The van der Waals surface area contributed by atoms with Crippen molar-refractivity contribution in [2.24, 2.45) is 0 Å². The zero-order chi connectivity index (χ0) is 10.5. The molecule has 0 aromatic rings. The second kappa shape index (κ2) is 0.570. The third kappa shape index (κ3) is 0.0716. The van der Waals surface area contributed by atoms with E-state index < -0.39 is 6.51 Å². The standard InChI is InChI=1S/C11H17.C5H5.Fe/c1-2-3-4-5-8-11-9-6-7-10-11;1-2-4-5-3-1;/h6-7,9-10H,2-5,8H2,1H3;1-5H;. The van der Waals surface area contributed by atoms with Crippen molar-refractivity contribution < 1.29 is 6.51 Å². The number of fused-ring (bicyclic) bond motifs is 10. The van der Waals surface area contributed by atoms with Gasteiger partial charge in [-0.25, -0.2) is 0 Å². The molecule has 10 saturated heterocycles. The monoisotopic (exact) mass is 270 g/mol. The van der Waals surface area contributed by atoms with Crippen molar-refractivity contribution in [2.45, 2.75) is 86.7 Å². The van der Waals surface area contributed by atoms with Crippen LogP contribution in [0.1, 0.15) is 39.0 Å². The van der Waals surface area contributed by atoms with Gasteiger partial charge in [0.2, 0.25) is 0 Å². The third-order valence-electron chi connectivity index (χ3n) is 16.4. The molecule has 10 aliphatic heterocycles. The Morgan fingerprint density at radius 3 is 1.71 bits per heavy atom. The first-order valence-corrected chi connectivity index (χ1v) is 14.6. The van der Waals surface area contributed by atoms with Crippen molar-refractivity contribution in [3.63, 3.8) is 0 Å². The van der Waals surface area contributed by atoms with Crippen molar-refractivity contribution in [1.82, 2.24) is 0 Å². The Labute approximate surface area is 93.2 Å². The SMILES string of the molecule is CCCCCC[C]12[CH]3[CH]4[CH]5[CH]1[Fe]45321678[CH]2[CH]1[CH]6[CH]7[CH]28. The Morgan fingerprint density at radius 2 is 1.35 bits per heavy atom. The number of rotatable bonds is 5. The Morgan fingerprint density at radius 1 is 0.765 bits per heavy atom. The van der Waals surface area contributed by atoms with E-state index in [9.17, 15) is 0 Å². The van der Waals surface area contributed by atoms with Gasteiger partial charge in [-0.3, -0.25) is 0 Å². The molecule has 0 radical (unpaired) electrons. The summed E-state index contributed by atoms with van der Waals surface area (Å²) in [6.07, 6.45) is 7.97. The Kier molecular flexibility index (Phi) is 0.228. The fraction of sp³-hybridized carbons (Fsp3) is 1.00. The molecule has 0 bridgehead atoms. The minimum atomic E-state index is -2.60. The van der Waals surface area contributed by atoms with Crippen LogP contribution in [-0.2, 0) is 6.51 Å². The summed E-state index contributed by atoms with van der Waals surface area (Å²) < 4.78 is 1.24. The van der Waals surface area contributed by atoms with Crippen molar-refractivity contribution in [1.29, 1.82) is 0 Å². The molecule has 4 atom stereocenters. The van der Waals surface area contributed by atoms with Crippen LogP contribution in [-0.4, -0.2) is 0 Å². The van der Waals surface area contributed by atoms with Crippen LogP contribution in [0.2, 0.25) is 47.7 Å². The molecule has 10 rings (SSSR count). The van der Waals surface area contributed by atoms with Crippen LogP contribution in [0.3, 0.4) is 0 Å². The average Bonchev–Trinajstić information content (AvgIpc) is 3.27. The second-order valence-corrected chi connectivity index (χ2v) is 35.3. The summed E-state index contributed by atoms with van der Waals surface area (Å²) >= 11 is 0. The molecule has 1 heteroatoms. The van der Waals surface area contributed by atoms with E-state index in [1.807, 2.05) is 0 Å². The molecular weight excluding hydrogens is 248 g/mol. The first-order valence-electron chi connectivity index (χ1n) is 8.32. The van der Waals surface area contributed by atoms with Crippen molar-refractivity contribution in [2.75, 3.05) is 0 Å². The molecule has 1 spiro atoms. The molecule has 94 valence electrons. The van der Waals surface area contributed by atoms with Crippen LogP contribution in [0.5, 0.6) is 0 Å². The van der Waals surface area contributed by atoms with Crippen LogP contribution >= 0.6 is 0 Å². The Bertz CT molecular complexity index is 828. The summed E-state index contributed by atoms with van der Waals surface area (Å²) in [6.45, 7) is -0.237. The molecule has 0 nitrogen and oxygen atoms in total. The fourth-order valence-corrected chi connectivity index (χ4v) is 93.5. The van der Waals surface area contributed by atoms with Gasteiger partial charge in [-0.1, -0.05) is 0 Å². The predicted octanol–water partition coefficient (Wildman–Crippen LogP) is 5.72. The molecular formula is C16H22Fe. The van der Waals surface area contributed by atoms with E-state index in [0.29, 0.717) is 0 Å². The molecule has 0 aromatic carbocycles. The summed E-state index contributed by atoms with van der Waals surface area (Å²) in [5, 5.41) is 0. The summed E-state index contributed by atoms with van der Waals surface area (Å²) in [5.74, 6) is 0. The van der Waals surface area contributed by atoms with E-state index in [4.69, 9.17) is 0 Å². The summed E-state index contributed by atoms with van der Waals surface area (Å²) in [5.41, 5.74) is 0. The predicted molar refractivity (Wildman–Crippen MR) is 65.2 cm³/mol. The molecule has 0 aromatic heterocycles. The van der Waals surface area contributed by atoms with Gasteiger partial charge in [0.15, 0.2) is 0 Å². The van der Waals surface area contributed by atoms with Gasteiger partial charge in [0, 0.05) is 0 Å². The van der Waals surface area contributed by atoms with E-state index >= 15 is 0 Å². The van der Waals surface area contributed by atoms with E-state index in [-0.39, 0.29) is 0 Å². The Balaban J connectivity index is 1.31. The summed E-state index contributed by atoms with van der Waals surface area (Å²) in [7, 11) is 0. The quantitative estimate of drug-likeness (QED) is 0.443. The molecule has 0 N–H and O–H groups in total. The van der Waals surface area contributed by atoms with Gasteiger partial charge in [0.25, 0.3) is 0 Å².